The minimum Gasteiger partial charge on any atom is -0.443 e. The molecule has 132 valence electrons. The van der Waals surface area contributed by atoms with E-state index in [2.05, 4.69) is 41.8 Å². The Kier molecular flexibility index (Phi) is 4.82. The number of nitrogens with zero attached hydrogens (tertiary/aromatic N) is 3. The van der Waals surface area contributed by atoms with Crippen molar-refractivity contribution in [2.24, 2.45) is 4.99 Å². The number of fused-ring (bicyclic) bond motifs is 1. The van der Waals surface area contributed by atoms with E-state index in [1.807, 2.05) is 24.3 Å². The molecular weight excluding hydrogens is 528 g/mol. The number of halogens is 5. The van der Waals surface area contributed by atoms with Crippen LogP contribution in [0.3, 0.4) is 0 Å². The minimum absolute atomic E-state index is 0.266. The van der Waals surface area contributed by atoms with Crippen LogP contribution < -0.4 is 0 Å². The first-order chi connectivity index (χ1) is 12.4. The Morgan fingerprint density at radius 2 is 1.77 bits per heavy atom. The molecule has 0 radical (unpaired) electrons. The van der Waals surface area contributed by atoms with E-state index in [-0.39, 0.29) is 5.15 Å². The number of aliphatic imine (C=N–C) groups is 1. The van der Waals surface area contributed by atoms with Crippen LogP contribution in [-0.4, -0.2) is 15.4 Å². The molecule has 1 aromatic carbocycles. The van der Waals surface area contributed by atoms with Crippen molar-refractivity contribution < 1.29 is 4.74 Å². The highest BCUT2D eigenvalue weighted by molar-refractivity contribution is 9.24. The van der Waals surface area contributed by atoms with E-state index in [9.17, 15) is 0 Å². The quantitative estimate of drug-likeness (QED) is 0.337. The fourth-order valence-corrected chi connectivity index (χ4v) is 4.20. The average molecular weight is 536 g/mol. The topological polar surface area (TPSA) is 39.4 Å². The Labute approximate surface area is 181 Å². The van der Waals surface area contributed by atoms with Crippen LogP contribution in [0.15, 0.2) is 53.7 Å². The zero-order chi connectivity index (χ0) is 18.5. The number of ether oxygens (including phenoxy) is 1. The summed E-state index contributed by atoms with van der Waals surface area (Å²) in [6, 6.07) is 12.7. The number of alkyl halides is 2. The summed E-state index contributed by atoms with van der Waals surface area (Å²) in [5.41, 5.74) is 2.11. The van der Waals surface area contributed by atoms with Gasteiger partial charge in [0.2, 0.25) is 9.32 Å². The second kappa shape index (κ2) is 6.84. The number of hydrogen-bond donors (Lipinski definition) is 0. The van der Waals surface area contributed by atoms with E-state index in [1.54, 1.807) is 29.0 Å². The molecule has 0 unspecified atom stereocenters. The van der Waals surface area contributed by atoms with E-state index >= 15 is 0 Å². The molecule has 0 spiro atoms. The lowest BCUT2D eigenvalue weighted by atomic mass is 10.2. The Bertz CT molecular complexity index is 1050. The highest BCUT2D eigenvalue weighted by atomic mass is 79.9. The molecule has 0 atom stereocenters. The van der Waals surface area contributed by atoms with Gasteiger partial charge in [0.05, 0.1) is 15.7 Å². The summed E-state index contributed by atoms with van der Waals surface area (Å²) >= 11 is 26.1. The summed E-state index contributed by atoms with van der Waals surface area (Å²) in [7, 11) is 0. The zero-order valence-corrected chi connectivity index (χ0v) is 18.2. The van der Waals surface area contributed by atoms with Crippen molar-refractivity contribution >= 4 is 78.2 Å². The molecule has 4 rings (SSSR count). The summed E-state index contributed by atoms with van der Waals surface area (Å²) in [5.74, 6) is 0.744. The van der Waals surface area contributed by atoms with Crippen LogP contribution in [-0.2, 0) is 8.16 Å². The molecule has 1 aliphatic rings. The Morgan fingerprint density at radius 1 is 1.00 bits per heavy atom. The van der Waals surface area contributed by atoms with Crippen LogP contribution in [0.2, 0.25) is 15.2 Å². The third-order valence-electron chi connectivity index (χ3n) is 3.73. The molecule has 0 saturated carbocycles. The van der Waals surface area contributed by atoms with Gasteiger partial charge in [0.25, 0.3) is 0 Å². The van der Waals surface area contributed by atoms with Gasteiger partial charge in [0.15, 0.2) is 5.82 Å². The van der Waals surface area contributed by atoms with Gasteiger partial charge in [-0.1, -0.05) is 53.0 Å². The molecular formula is C17H8Br2Cl3N3O. The Balaban J connectivity index is 1.95. The lowest BCUT2D eigenvalue weighted by Gasteiger charge is -2.29. The molecule has 9 heteroatoms. The number of aromatic nitrogens is 2. The average Bonchev–Trinajstić information content (AvgIpc) is 2.90. The second-order valence-corrected chi connectivity index (χ2v) is 9.84. The fourth-order valence-electron chi connectivity index (χ4n) is 2.60. The van der Waals surface area contributed by atoms with Crippen molar-refractivity contribution in [3.63, 3.8) is 0 Å². The highest BCUT2D eigenvalue weighted by Crippen LogP contribution is 2.48. The van der Waals surface area contributed by atoms with Crippen molar-refractivity contribution in [1.29, 1.82) is 0 Å². The molecule has 3 aromatic rings. The lowest BCUT2D eigenvalue weighted by Crippen LogP contribution is -2.25. The van der Waals surface area contributed by atoms with Crippen molar-refractivity contribution in [3.8, 4) is 5.82 Å². The molecule has 0 saturated heterocycles. The third-order valence-corrected chi connectivity index (χ3v) is 5.96. The van der Waals surface area contributed by atoms with Gasteiger partial charge in [0, 0.05) is 11.8 Å². The normalized spacial score (nSPS) is 15.2. The minimum atomic E-state index is -0.935. The first-order valence-electron chi connectivity index (χ1n) is 7.31. The molecule has 0 N–H and O–H groups in total. The number of para-hydroxylation sites is 1. The molecule has 26 heavy (non-hydrogen) atoms. The fraction of sp³-hybridized carbons (Fsp3) is 0.0588. The Hall–Kier alpha value is -1.05. The predicted molar refractivity (Wildman–Crippen MR) is 112 cm³/mol. The van der Waals surface area contributed by atoms with Gasteiger partial charge < -0.3 is 4.74 Å². The van der Waals surface area contributed by atoms with E-state index in [4.69, 9.17) is 39.5 Å². The van der Waals surface area contributed by atoms with E-state index in [1.165, 1.54) is 0 Å². The molecule has 2 aromatic heterocycles. The van der Waals surface area contributed by atoms with Crippen molar-refractivity contribution in [2.45, 2.75) is 3.42 Å². The van der Waals surface area contributed by atoms with Crippen LogP contribution in [0.4, 0.5) is 5.69 Å². The van der Waals surface area contributed by atoms with Crippen LogP contribution in [0.1, 0.15) is 11.3 Å². The lowest BCUT2D eigenvalue weighted by molar-refractivity contribution is 0.256. The predicted octanol–water partition coefficient (Wildman–Crippen LogP) is 6.84. The molecule has 0 fully saturated rings. The standard InChI is InChI=1S/C17H8Br2Cl3N3O/c18-17(19)9-4-1-2-6-12(9)24-16(26-17)13-8-11(21)14(22)25(13)15-10(20)5-3-7-23-15/h1-8H. The zero-order valence-electron chi connectivity index (χ0n) is 12.8. The molecule has 0 bridgehead atoms. The summed E-state index contributed by atoms with van der Waals surface area (Å²) in [5, 5.41) is 1.02. The van der Waals surface area contributed by atoms with Crippen LogP contribution in [0, 0.1) is 0 Å². The van der Waals surface area contributed by atoms with Gasteiger partial charge in [-0.25, -0.2) is 9.98 Å². The van der Waals surface area contributed by atoms with Crippen LogP contribution >= 0.6 is 66.7 Å². The molecule has 0 aliphatic carbocycles. The number of pyridine rings is 1. The van der Waals surface area contributed by atoms with Gasteiger partial charge in [-0.05, 0) is 56.1 Å². The van der Waals surface area contributed by atoms with Crippen molar-refractivity contribution in [3.05, 3.63) is 75.1 Å². The highest BCUT2D eigenvalue weighted by Gasteiger charge is 2.37. The summed E-state index contributed by atoms with van der Waals surface area (Å²) in [4.78, 5) is 8.92. The first kappa shape index (κ1) is 18.3. The molecule has 0 amide bonds. The van der Waals surface area contributed by atoms with Gasteiger partial charge in [0.1, 0.15) is 10.8 Å². The maximum atomic E-state index is 6.41. The van der Waals surface area contributed by atoms with Crippen molar-refractivity contribution in [2.75, 3.05) is 0 Å². The van der Waals surface area contributed by atoms with Crippen LogP contribution in [0.5, 0.6) is 0 Å². The van der Waals surface area contributed by atoms with Gasteiger partial charge in [-0.3, -0.25) is 4.57 Å². The van der Waals surface area contributed by atoms with Gasteiger partial charge in [-0.15, -0.1) is 0 Å². The molecule has 4 nitrogen and oxygen atoms in total. The number of benzene rings is 1. The third kappa shape index (κ3) is 3.08. The SMILES string of the molecule is Clc1cccnc1-n1c(C2=Nc3ccccc3C(Br)(Br)O2)cc(Cl)c1Cl. The maximum absolute atomic E-state index is 6.41. The largest absolute Gasteiger partial charge is 0.443 e. The maximum Gasteiger partial charge on any atom is 0.247 e. The van der Waals surface area contributed by atoms with E-state index in [0.717, 1.165) is 11.3 Å². The monoisotopic (exact) mass is 533 g/mol. The number of rotatable bonds is 2. The van der Waals surface area contributed by atoms with E-state index in [0.29, 0.717) is 27.5 Å². The smallest absolute Gasteiger partial charge is 0.247 e. The first-order valence-corrected chi connectivity index (χ1v) is 10.0. The summed E-state index contributed by atoms with van der Waals surface area (Å²) < 4.78 is 6.70. The summed E-state index contributed by atoms with van der Waals surface area (Å²) in [6.07, 6.45) is 1.62. The van der Waals surface area contributed by atoms with Gasteiger partial charge in [-0.2, -0.15) is 0 Å². The second-order valence-electron chi connectivity index (χ2n) is 5.37. The van der Waals surface area contributed by atoms with Gasteiger partial charge >= 0.3 is 0 Å². The van der Waals surface area contributed by atoms with Crippen molar-refractivity contribution in [1.82, 2.24) is 9.55 Å². The Morgan fingerprint density at radius 3 is 2.54 bits per heavy atom. The molecule has 1 aliphatic heterocycles. The van der Waals surface area contributed by atoms with Crippen LogP contribution in [0.25, 0.3) is 5.82 Å². The summed E-state index contributed by atoms with van der Waals surface area (Å²) in [6.45, 7) is 0. The molecule has 3 heterocycles. The number of hydrogen-bond acceptors (Lipinski definition) is 3. The van der Waals surface area contributed by atoms with E-state index < -0.39 is 3.42 Å².